The average Bonchev–Trinajstić information content (AvgIpc) is 3.23. The maximum Gasteiger partial charge on any atom is 0.254 e. The zero-order chi connectivity index (χ0) is 15.5. The maximum atomic E-state index is 12.5. The number of thiazole rings is 1. The minimum absolute atomic E-state index is 0.0709. The molecule has 1 fully saturated rings. The van der Waals surface area contributed by atoms with Gasteiger partial charge in [-0.2, -0.15) is 5.10 Å². The minimum atomic E-state index is -0.0709. The van der Waals surface area contributed by atoms with Gasteiger partial charge in [-0.25, -0.2) is 4.98 Å². The van der Waals surface area contributed by atoms with Crippen LogP contribution in [0.2, 0.25) is 0 Å². The fourth-order valence-corrected chi connectivity index (χ4v) is 3.34. The van der Waals surface area contributed by atoms with Crippen LogP contribution < -0.4 is 5.32 Å². The van der Waals surface area contributed by atoms with Gasteiger partial charge in [0.05, 0.1) is 22.9 Å². The van der Waals surface area contributed by atoms with Crippen molar-refractivity contribution in [2.24, 2.45) is 7.05 Å². The van der Waals surface area contributed by atoms with Crippen molar-refractivity contribution >= 4 is 17.2 Å². The molecule has 6 nitrogen and oxygen atoms in total. The fourth-order valence-electron chi connectivity index (χ4n) is 2.64. The Kier molecular flexibility index (Phi) is 4.54. The summed E-state index contributed by atoms with van der Waals surface area (Å²) in [6, 6.07) is 0. The minimum Gasteiger partial charge on any atom is -0.381 e. The molecule has 2 atom stereocenters. The highest BCUT2D eigenvalue weighted by molar-refractivity contribution is 7.09. The molecule has 1 aliphatic heterocycles. The number of amides is 1. The van der Waals surface area contributed by atoms with E-state index in [2.05, 4.69) is 22.3 Å². The first-order valence-electron chi connectivity index (χ1n) is 7.44. The highest BCUT2D eigenvalue weighted by atomic mass is 32.1. The van der Waals surface area contributed by atoms with E-state index >= 15 is 0 Å². The first-order chi connectivity index (χ1) is 10.6. The van der Waals surface area contributed by atoms with Crippen LogP contribution in [0.3, 0.4) is 0 Å². The van der Waals surface area contributed by atoms with E-state index in [1.807, 2.05) is 12.4 Å². The van der Waals surface area contributed by atoms with Crippen LogP contribution in [0.1, 0.15) is 46.2 Å². The normalized spacial score (nSPS) is 19.3. The number of hydrogen-bond acceptors (Lipinski definition) is 5. The molecule has 0 unspecified atom stereocenters. The third-order valence-electron chi connectivity index (χ3n) is 3.86. The van der Waals surface area contributed by atoms with Crippen molar-refractivity contribution in [2.45, 2.75) is 25.2 Å². The van der Waals surface area contributed by atoms with E-state index < -0.39 is 0 Å². The standard InChI is InChI=1S/C15H20N4O2S/c1-10(15-16-4-6-22-15)7-17-14(20)12-8-19(2)18-13(12)11-3-5-21-9-11/h4,6,8,10-11H,3,5,7,9H2,1-2H3,(H,17,20)/t10-,11+/m0/s1. The molecule has 0 radical (unpaired) electrons. The molecule has 1 aliphatic rings. The summed E-state index contributed by atoms with van der Waals surface area (Å²) in [5.41, 5.74) is 1.50. The Balaban J connectivity index is 1.67. The number of carbonyl (C=O) groups excluding carboxylic acids is 1. The van der Waals surface area contributed by atoms with Gasteiger partial charge in [-0.3, -0.25) is 9.48 Å². The lowest BCUT2D eigenvalue weighted by Crippen LogP contribution is -2.28. The van der Waals surface area contributed by atoms with Crippen LogP contribution in [0.5, 0.6) is 0 Å². The van der Waals surface area contributed by atoms with Crippen molar-refractivity contribution in [3.8, 4) is 0 Å². The summed E-state index contributed by atoms with van der Waals surface area (Å²) in [5.74, 6) is 0.357. The highest BCUT2D eigenvalue weighted by Crippen LogP contribution is 2.26. The zero-order valence-corrected chi connectivity index (χ0v) is 13.6. The molecule has 118 valence electrons. The largest absolute Gasteiger partial charge is 0.381 e. The second-order valence-electron chi connectivity index (χ2n) is 5.64. The molecule has 7 heteroatoms. The van der Waals surface area contributed by atoms with Crippen LogP contribution >= 0.6 is 11.3 Å². The quantitative estimate of drug-likeness (QED) is 0.914. The van der Waals surface area contributed by atoms with E-state index in [9.17, 15) is 4.79 Å². The first-order valence-corrected chi connectivity index (χ1v) is 8.32. The van der Waals surface area contributed by atoms with Crippen LogP contribution in [-0.4, -0.2) is 40.4 Å². The average molecular weight is 320 g/mol. The Hall–Kier alpha value is -1.73. The number of ether oxygens (including phenoxy) is 1. The summed E-state index contributed by atoms with van der Waals surface area (Å²) in [6.07, 6.45) is 4.50. The topological polar surface area (TPSA) is 69.0 Å². The van der Waals surface area contributed by atoms with Gasteiger partial charge in [0.1, 0.15) is 0 Å². The van der Waals surface area contributed by atoms with Crippen LogP contribution in [0.4, 0.5) is 0 Å². The molecule has 0 aromatic carbocycles. The second-order valence-corrected chi connectivity index (χ2v) is 6.57. The lowest BCUT2D eigenvalue weighted by molar-refractivity contribution is 0.0950. The van der Waals surface area contributed by atoms with Gasteiger partial charge in [0.15, 0.2) is 0 Å². The van der Waals surface area contributed by atoms with Gasteiger partial charge < -0.3 is 10.1 Å². The van der Waals surface area contributed by atoms with Crippen molar-refractivity contribution in [3.63, 3.8) is 0 Å². The van der Waals surface area contributed by atoms with Gasteiger partial charge in [0.25, 0.3) is 5.91 Å². The summed E-state index contributed by atoms with van der Waals surface area (Å²) >= 11 is 1.61. The lowest BCUT2D eigenvalue weighted by atomic mass is 10.0. The molecule has 1 saturated heterocycles. The van der Waals surface area contributed by atoms with Crippen molar-refractivity contribution in [3.05, 3.63) is 34.0 Å². The Labute approximate surface area is 133 Å². The number of carbonyl (C=O) groups is 1. The zero-order valence-electron chi connectivity index (χ0n) is 12.8. The highest BCUT2D eigenvalue weighted by Gasteiger charge is 2.26. The van der Waals surface area contributed by atoms with Gasteiger partial charge in [0, 0.05) is 49.8 Å². The second kappa shape index (κ2) is 6.58. The van der Waals surface area contributed by atoms with Crippen LogP contribution in [0.25, 0.3) is 0 Å². The predicted molar refractivity (Wildman–Crippen MR) is 84.2 cm³/mol. The molecule has 0 saturated carbocycles. The van der Waals surface area contributed by atoms with Gasteiger partial charge in [-0.15, -0.1) is 11.3 Å². The van der Waals surface area contributed by atoms with Crippen molar-refractivity contribution < 1.29 is 9.53 Å². The van der Waals surface area contributed by atoms with Gasteiger partial charge >= 0.3 is 0 Å². The van der Waals surface area contributed by atoms with E-state index in [4.69, 9.17) is 4.74 Å². The molecule has 0 bridgehead atoms. The van der Waals surface area contributed by atoms with E-state index in [0.717, 1.165) is 23.7 Å². The molecule has 3 rings (SSSR count). The molecule has 1 N–H and O–H groups in total. The Morgan fingerprint density at radius 3 is 3.18 bits per heavy atom. The summed E-state index contributed by atoms with van der Waals surface area (Å²) in [6.45, 7) is 4.02. The number of aryl methyl sites for hydroxylation is 1. The molecule has 2 aromatic rings. The van der Waals surface area contributed by atoms with Crippen molar-refractivity contribution in [1.82, 2.24) is 20.1 Å². The molecular weight excluding hydrogens is 300 g/mol. The third-order valence-corrected chi connectivity index (χ3v) is 4.87. The molecule has 1 amide bonds. The molecule has 0 spiro atoms. The van der Waals surface area contributed by atoms with E-state index in [1.54, 1.807) is 28.4 Å². The van der Waals surface area contributed by atoms with Crippen LogP contribution in [0, 0.1) is 0 Å². The van der Waals surface area contributed by atoms with Crippen molar-refractivity contribution in [2.75, 3.05) is 19.8 Å². The van der Waals surface area contributed by atoms with E-state index in [0.29, 0.717) is 18.7 Å². The summed E-state index contributed by atoms with van der Waals surface area (Å²) in [7, 11) is 1.84. The Morgan fingerprint density at radius 2 is 2.50 bits per heavy atom. The smallest absolute Gasteiger partial charge is 0.254 e. The molecule has 2 aromatic heterocycles. The van der Waals surface area contributed by atoms with Crippen LogP contribution in [0.15, 0.2) is 17.8 Å². The lowest BCUT2D eigenvalue weighted by Gasteiger charge is -2.11. The number of aromatic nitrogens is 3. The van der Waals surface area contributed by atoms with Crippen LogP contribution in [-0.2, 0) is 11.8 Å². The monoisotopic (exact) mass is 320 g/mol. The SMILES string of the molecule is C[C@@H](CNC(=O)c1cn(C)nc1[C@@H]1CCOC1)c1nccs1. The number of hydrogen-bond donors (Lipinski definition) is 1. The Bertz CT molecular complexity index is 632. The number of rotatable bonds is 5. The summed E-state index contributed by atoms with van der Waals surface area (Å²) in [5, 5.41) is 10.4. The third kappa shape index (κ3) is 3.20. The fraction of sp³-hybridized carbons (Fsp3) is 0.533. The molecule has 3 heterocycles. The number of nitrogens with one attached hydrogen (secondary N) is 1. The maximum absolute atomic E-state index is 12.5. The van der Waals surface area contributed by atoms with Gasteiger partial charge in [0.2, 0.25) is 0 Å². The molecule has 22 heavy (non-hydrogen) atoms. The van der Waals surface area contributed by atoms with E-state index in [-0.39, 0.29) is 17.7 Å². The number of nitrogens with zero attached hydrogens (tertiary/aromatic N) is 3. The summed E-state index contributed by atoms with van der Waals surface area (Å²) in [4.78, 5) is 16.8. The first kappa shape index (κ1) is 15.2. The molecule has 0 aliphatic carbocycles. The van der Waals surface area contributed by atoms with E-state index in [1.165, 1.54) is 0 Å². The van der Waals surface area contributed by atoms with Gasteiger partial charge in [-0.1, -0.05) is 6.92 Å². The Morgan fingerprint density at radius 1 is 1.64 bits per heavy atom. The van der Waals surface area contributed by atoms with Crippen molar-refractivity contribution in [1.29, 1.82) is 0 Å². The van der Waals surface area contributed by atoms with Gasteiger partial charge in [-0.05, 0) is 6.42 Å². The molecular formula is C15H20N4O2S. The predicted octanol–water partition coefficient (Wildman–Crippen LogP) is 1.91. The summed E-state index contributed by atoms with van der Waals surface area (Å²) < 4.78 is 7.12.